The molecule has 0 aromatic heterocycles. The lowest BCUT2D eigenvalue weighted by atomic mass is 9.43. The van der Waals surface area contributed by atoms with E-state index in [1.54, 1.807) is 0 Å². The zero-order valence-electron chi connectivity index (χ0n) is 29.1. The number of unbranched alkanes of at least 4 members (excludes halogenated alkanes) is 5. The summed E-state index contributed by atoms with van der Waals surface area (Å²) in [7, 11) is 0. The van der Waals surface area contributed by atoms with E-state index in [-0.39, 0.29) is 5.41 Å². The van der Waals surface area contributed by atoms with Gasteiger partial charge in [-0.05, 0) is 138 Å². The monoisotopic (exact) mass is 604 g/mol. The summed E-state index contributed by atoms with van der Waals surface area (Å²) in [4.78, 5) is 0. The first-order chi connectivity index (χ1) is 20.9. The van der Waals surface area contributed by atoms with Gasteiger partial charge in [0, 0.05) is 18.6 Å². The molecule has 0 spiro atoms. The van der Waals surface area contributed by atoms with Crippen LogP contribution in [0.1, 0.15) is 143 Å². The number of fused-ring (bicyclic) bond motifs is 5. The Hall–Kier alpha value is -0.200. The van der Waals surface area contributed by atoms with Crippen LogP contribution in [0.4, 0.5) is 0 Å². The molecule has 4 fully saturated rings. The van der Waals surface area contributed by atoms with Gasteiger partial charge in [0.25, 0.3) is 0 Å². The highest BCUT2D eigenvalue weighted by Gasteiger charge is 2.66. The lowest BCUT2D eigenvalue weighted by Crippen LogP contribution is -2.62. The molecule has 252 valence electrons. The predicted octanol–water partition coefficient (Wildman–Crippen LogP) is 8.09. The molecule has 5 N–H and O–H groups in total. The second-order valence-electron chi connectivity index (χ2n) is 16.0. The van der Waals surface area contributed by atoms with Gasteiger partial charge in [0.2, 0.25) is 0 Å². The van der Waals surface area contributed by atoms with Crippen molar-refractivity contribution in [3.05, 3.63) is 0 Å². The van der Waals surface area contributed by atoms with Crippen molar-refractivity contribution in [1.82, 2.24) is 5.32 Å². The maximum Gasteiger partial charge on any atom is 0.0637 e. The minimum Gasteiger partial charge on any atom is -0.378 e. The fourth-order valence-electron chi connectivity index (χ4n) is 11.1. The fraction of sp³-hybridized carbons (Fsp3) is 1.00. The quantitative estimate of drug-likeness (QED) is 0.123. The highest BCUT2D eigenvalue weighted by atomic mass is 16.5. The molecule has 0 aromatic carbocycles. The van der Waals surface area contributed by atoms with Gasteiger partial charge < -0.3 is 26.3 Å². The van der Waals surface area contributed by atoms with Crippen molar-refractivity contribution in [3.8, 4) is 0 Å². The predicted molar refractivity (Wildman–Crippen MR) is 182 cm³/mol. The van der Waals surface area contributed by atoms with E-state index in [2.05, 4.69) is 33.0 Å². The lowest BCUT2D eigenvalue weighted by Gasteiger charge is -2.64. The Morgan fingerprint density at radius 2 is 1.51 bits per heavy atom. The van der Waals surface area contributed by atoms with Gasteiger partial charge in [0.05, 0.1) is 12.2 Å². The molecular formula is C38H73N3O2. The maximum absolute atomic E-state index is 6.98. The molecule has 4 aliphatic rings. The van der Waals surface area contributed by atoms with E-state index in [1.165, 1.54) is 116 Å². The van der Waals surface area contributed by atoms with Crippen molar-refractivity contribution in [2.45, 2.75) is 155 Å². The molecule has 4 aliphatic carbocycles. The van der Waals surface area contributed by atoms with E-state index in [1.807, 2.05) is 0 Å². The third kappa shape index (κ3) is 8.40. The van der Waals surface area contributed by atoms with Crippen molar-refractivity contribution >= 4 is 0 Å². The summed E-state index contributed by atoms with van der Waals surface area (Å²) in [5.41, 5.74) is 12.6. The molecule has 0 amide bonds. The van der Waals surface area contributed by atoms with Crippen molar-refractivity contribution in [3.63, 3.8) is 0 Å². The topological polar surface area (TPSA) is 82.5 Å². The number of rotatable bonds is 20. The first-order valence-corrected chi connectivity index (χ1v) is 19.3. The van der Waals surface area contributed by atoms with E-state index < -0.39 is 0 Å². The minimum absolute atomic E-state index is 0.231. The zero-order chi connectivity index (χ0) is 30.7. The van der Waals surface area contributed by atoms with Crippen molar-refractivity contribution < 1.29 is 9.47 Å². The van der Waals surface area contributed by atoms with Crippen LogP contribution in [-0.4, -0.2) is 51.6 Å². The van der Waals surface area contributed by atoms with Crippen LogP contribution < -0.4 is 16.8 Å². The summed E-state index contributed by atoms with van der Waals surface area (Å²) in [6.45, 7) is 15.7. The molecule has 5 nitrogen and oxygen atoms in total. The standard InChI is InChI=1S/C38H73N3O2/c1-5-6-7-8-9-12-23-41-24-13-16-29(2)31-18-19-32-36-33(28-35(38(31,32)4)43-26-15-22-40)37(3)20-11-10-17-30(37)27-34(36)42-25-14-21-39/h29-36,41H,5-28,39-40H2,1-4H3/t29?,30-,31?,32-,33-,34+,35-,36?,37?,38?/m0/s1. The van der Waals surface area contributed by atoms with Crippen LogP contribution in [0.3, 0.4) is 0 Å². The molecule has 0 heterocycles. The van der Waals surface area contributed by atoms with Crippen LogP contribution in [-0.2, 0) is 9.47 Å². The van der Waals surface area contributed by atoms with Crippen LogP contribution >= 0.6 is 0 Å². The Bertz CT molecular complexity index is 780. The summed E-state index contributed by atoms with van der Waals surface area (Å²) in [5.74, 6) is 4.38. The molecule has 43 heavy (non-hydrogen) atoms. The SMILES string of the molecule is CCCCCCCCNCCCC(C)C1CC[C@H]2C3[C@H](OCCCN)C[C@@H]4CCCCC4(C)[C@H]3C[C@H](OCCCN)C12C. The Morgan fingerprint density at radius 1 is 0.791 bits per heavy atom. The van der Waals surface area contributed by atoms with Gasteiger partial charge in [-0.25, -0.2) is 0 Å². The van der Waals surface area contributed by atoms with Crippen molar-refractivity contribution in [2.75, 3.05) is 39.4 Å². The van der Waals surface area contributed by atoms with E-state index >= 15 is 0 Å². The molecule has 0 aliphatic heterocycles. The Kier molecular flexibility index (Phi) is 14.6. The average Bonchev–Trinajstić information content (AvgIpc) is 3.36. The molecule has 5 heteroatoms. The van der Waals surface area contributed by atoms with Gasteiger partial charge in [0.1, 0.15) is 0 Å². The molecule has 4 rings (SSSR count). The normalized spacial score (nSPS) is 38.0. The van der Waals surface area contributed by atoms with Crippen LogP contribution in [0.2, 0.25) is 0 Å². The number of nitrogens with two attached hydrogens (primary N) is 2. The molecule has 10 atom stereocenters. The fourth-order valence-corrected chi connectivity index (χ4v) is 11.1. The molecular weight excluding hydrogens is 530 g/mol. The third-order valence-electron chi connectivity index (χ3n) is 13.5. The van der Waals surface area contributed by atoms with Gasteiger partial charge in [-0.3, -0.25) is 0 Å². The van der Waals surface area contributed by atoms with Gasteiger partial charge in [0.15, 0.2) is 0 Å². The zero-order valence-corrected chi connectivity index (χ0v) is 29.1. The number of ether oxygens (including phenoxy) is 2. The Labute approximate surface area is 267 Å². The summed E-state index contributed by atoms with van der Waals surface area (Å²) >= 11 is 0. The van der Waals surface area contributed by atoms with Crippen LogP contribution in [0.15, 0.2) is 0 Å². The van der Waals surface area contributed by atoms with E-state index in [0.717, 1.165) is 62.8 Å². The molecule has 0 saturated heterocycles. The van der Waals surface area contributed by atoms with E-state index in [0.29, 0.717) is 29.5 Å². The first kappa shape index (κ1) is 35.7. The van der Waals surface area contributed by atoms with Crippen LogP contribution in [0.25, 0.3) is 0 Å². The van der Waals surface area contributed by atoms with Crippen LogP contribution in [0.5, 0.6) is 0 Å². The van der Waals surface area contributed by atoms with Gasteiger partial charge in [-0.1, -0.05) is 72.6 Å². The number of hydrogen-bond acceptors (Lipinski definition) is 5. The first-order valence-electron chi connectivity index (χ1n) is 19.3. The van der Waals surface area contributed by atoms with E-state index in [4.69, 9.17) is 20.9 Å². The van der Waals surface area contributed by atoms with Crippen molar-refractivity contribution in [2.24, 2.45) is 57.8 Å². The Morgan fingerprint density at radius 3 is 2.28 bits per heavy atom. The smallest absolute Gasteiger partial charge is 0.0637 e. The molecule has 0 aromatic rings. The maximum atomic E-state index is 6.98. The number of nitrogens with one attached hydrogen (secondary N) is 1. The molecule has 0 radical (unpaired) electrons. The summed E-state index contributed by atoms with van der Waals surface area (Å²) in [5, 5.41) is 3.77. The lowest BCUT2D eigenvalue weighted by molar-refractivity contribution is -0.221. The van der Waals surface area contributed by atoms with Crippen LogP contribution in [0, 0.1) is 46.3 Å². The summed E-state index contributed by atoms with van der Waals surface area (Å²) < 4.78 is 13.8. The van der Waals surface area contributed by atoms with Crippen molar-refractivity contribution in [1.29, 1.82) is 0 Å². The highest BCUT2D eigenvalue weighted by molar-refractivity contribution is 5.14. The van der Waals surface area contributed by atoms with Gasteiger partial charge in [-0.15, -0.1) is 0 Å². The summed E-state index contributed by atoms with van der Waals surface area (Å²) in [6, 6.07) is 0. The highest BCUT2D eigenvalue weighted by Crippen LogP contribution is 2.69. The van der Waals surface area contributed by atoms with Gasteiger partial charge >= 0.3 is 0 Å². The minimum atomic E-state index is 0.231. The summed E-state index contributed by atoms with van der Waals surface area (Å²) in [6.07, 6.45) is 24.4. The third-order valence-corrected chi connectivity index (χ3v) is 13.5. The largest absolute Gasteiger partial charge is 0.378 e. The second kappa shape index (κ2) is 17.6. The molecule has 5 unspecified atom stereocenters. The number of hydrogen-bond donors (Lipinski definition) is 3. The molecule has 0 bridgehead atoms. The van der Waals surface area contributed by atoms with Gasteiger partial charge in [-0.2, -0.15) is 0 Å². The van der Waals surface area contributed by atoms with E-state index in [9.17, 15) is 0 Å². The molecule has 4 saturated carbocycles. The Balaban J connectivity index is 1.44. The average molecular weight is 604 g/mol. The second-order valence-corrected chi connectivity index (χ2v) is 16.0.